The van der Waals surface area contributed by atoms with Crippen molar-refractivity contribution >= 4 is 23.1 Å². The Morgan fingerprint density at radius 3 is 2.88 bits per heavy atom. The van der Waals surface area contributed by atoms with Crippen LogP contribution in [0.1, 0.15) is 36.2 Å². The Bertz CT molecular complexity index is 1280. The SMILES string of the molecule is COc1cc2c(cc1NC(=O)c1cnn3ccc(N4C[C@H](N)CC(F)(F)C4)nc13)CC(C)(C)O2. The van der Waals surface area contributed by atoms with Crippen molar-refractivity contribution in [1.29, 1.82) is 0 Å². The summed E-state index contributed by atoms with van der Waals surface area (Å²) in [6.07, 6.45) is 3.31. The summed E-state index contributed by atoms with van der Waals surface area (Å²) in [6.45, 7) is 3.75. The standard InChI is InChI=1S/C23H26F2N6O3/c1-22(2)8-13-6-16(18(33-3)7-17(13)34-22)28-21(32)15-10-27-31-5-4-19(29-20(15)31)30-11-14(26)9-23(24,25)12-30/h4-7,10,14H,8-9,11-12,26H2,1-3H3,(H,28,32)/t14-/m1/s1. The molecule has 1 fully saturated rings. The number of hydrogen-bond donors (Lipinski definition) is 2. The second-order valence-corrected chi connectivity index (χ2v) is 9.47. The monoisotopic (exact) mass is 472 g/mol. The molecule has 11 heteroatoms. The molecular weight excluding hydrogens is 446 g/mol. The predicted octanol–water partition coefficient (Wildman–Crippen LogP) is 2.88. The van der Waals surface area contributed by atoms with Gasteiger partial charge in [0.2, 0.25) is 0 Å². The number of nitrogens with zero attached hydrogens (tertiary/aromatic N) is 4. The first kappa shape index (κ1) is 22.3. The fourth-order valence-corrected chi connectivity index (χ4v) is 4.60. The molecule has 0 aliphatic carbocycles. The van der Waals surface area contributed by atoms with Gasteiger partial charge in [0.05, 0.1) is 25.5 Å². The zero-order valence-electron chi connectivity index (χ0n) is 19.1. The van der Waals surface area contributed by atoms with Gasteiger partial charge in [0.15, 0.2) is 5.65 Å². The summed E-state index contributed by atoms with van der Waals surface area (Å²) < 4.78 is 40.9. The summed E-state index contributed by atoms with van der Waals surface area (Å²) in [4.78, 5) is 19.1. The number of carbonyl (C=O) groups excluding carboxylic acids is 1. The molecule has 1 saturated heterocycles. The van der Waals surface area contributed by atoms with Crippen molar-refractivity contribution in [1.82, 2.24) is 14.6 Å². The summed E-state index contributed by atoms with van der Waals surface area (Å²) in [5.74, 6) is -1.87. The van der Waals surface area contributed by atoms with Gasteiger partial charge < -0.3 is 25.4 Å². The molecule has 0 radical (unpaired) electrons. The molecule has 0 spiro atoms. The number of anilines is 2. The quantitative estimate of drug-likeness (QED) is 0.601. The highest BCUT2D eigenvalue weighted by Gasteiger charge is 2.39. The number of piperidine rings is 1. The minimum atomic E-state index is -2.91. The third-order valence-electron chi connectivity index (χ3n) is 5.99. The van der Waals surface area contributed by atoms with Gasteiger partial charge in [-0.25, -0.2) is 18.3 Å². The van der Waals surface area contributed by atoms with Gasteiger partial charge >= 0.3 is 0 Å². The highest BCUT2D eigenvalue weighted by atomic mass is 19.3. The lowest BCUT2D eigenvalue weighted by Crippen LogP contribution is -2.52. The number of benzene rings is 1. The van der Waals surface area contributed by atoms with Crippen LogP contribution in [0.4, 0.5) is 20.3 Å². The molecule has 1 aromatic carbocycles. The van der Waals surface area contributed by atoms with Crippen molar-refractivity contribution < 1.29 is 23.0 Å². The van der Waals surface area contributed by atoms with Crippen molar-refractivity contribution in [3.05, 3.63) is 41.7 Å². The normalized spacial score (nSPS) is 20.6. The lowest BCUT2D eigenvalue weighted by Gasteiger charge is -2.36. The number of methoxy groups -OCH3 is 1. The van der Waals surface area contributed by atoms with Gasteiger partial charge in [-0.3, -0.25) is 4.79 Å². The number of ether oxygens (including phenoxy) is 2. The van der Waals surface area contributed by atoms with Crippen LogP contribution < -0.4 is 25.4 Å². The maximum atomic E-state index is 14.1. The number of carbonyl (C=O) groups is 1. The molecule has 3 aromatic rings. The van der Waals surface area contributed by atoms with Gasteiger partial charge in [-0.05, 0) is 26.0 Å². The Labute approximate surface area is 194 Å². The van der Waals surface area contributed by atoms with Crippen molar-refractivity contribution in [2.45, 2.75) is 44.3 Å². The fourth-order valence-electron chi connectivity index (χ4n) is 4.60. The van der Waals surface area contributed by atoms with E-state index in [9.17, 15) is 13.6 Å². The third kappa shape index (κ3) is 4.11. The number of nitrogens with one attached hydrogen (secondary N) is 1. The zero-order chi connectivity index (χ0) is 24.3. The number of fused-ring (bicyclic) bond motifs is 2. The number of aromatic nitrogens is 3. The van der Waals surface area contributed by atoms with E-state index >= 15 is 0 Å². The van der Waals surface area contributed by atoms with Crippen LogP contribution in [-0.2, 0) is 6.42 Å². The van der Waals surface area contributed by atoms with Crippen LogP contribution in [0.2, 0.25) is 0 Å². The van der Waals surface area contributed by atoms with Gasteiger partial charge in [-0.1, -0.05) is 0 Å². The molecule has 2 aliphatic rings. The van der Waals surface area contributed by atoms with E-state index in [1.807, 2.05) is 19.9 Å². The molecule has 0 unspecified atom stereocenters. The molecule has 1 atom stereocenters. The smallest absolute Gasteiger partial charge is 0.266 e. The van der Waals surface area contributed by atoms with Crippen molar-refractivity contribution in [3.8, 4) is 11.5 Å². The number of rotatable bonds is 4. The molecule has 2 aliphatic heterocycles. The largest absolute Gasteiger partial charge is 0.494 e. The minimum Gasteiger partial charge on any atom is -0.494 e. The van der Waals surface area contributed by atoms with Crippen LogP contribution in [0.5, 0.6) is 11.5 Å². The van der Waals surface area contributed by atoms with Crippen LogP contribution in [0.15, 0.2) is 30.6 Å². The molecule has 9 nitrogen and oxygen atoms in total. The van der Waals surface area contributed by atoms with Gasteiger partial charge in [-0.15, -0.1) is 0 Å². The van der Waals surface area contributed by atoms with Gasteiger partial charge in [0.1, 0.15) is 28.5 Å². The van der Waals surface area contributed by atoms with E-state index in [1.54, 1.807) is 18.3 Å². The van der Waals surface area contributed by atoms with Gasteiger partial charge in [-0.2, -0.15) is 5.10 Å². The van der Waals surface area contributed by atoms with Crippen LogP contribution in [0, 0.1) is 0 Å². The summed E-state index contributed by atoms with van der Waals surface area (Å²) >= 11 is 0. The molecule has 34 heavy (non-hydrogen) atoms. The summed E-state index contributed by atoms with van der Waals surface area (Å²) in [6, 6.07) is 4.51. The lowest BCUT2D eigenvalue weighted by molar-refractivity contribution is -0.0174. The molecule has 5 rings (SSSR count). The first-order valence-corrected chi connectivity index (χ1v) is 11.0. The number of amides is 1. The minimum absolute atomic E-state index is 0.203. The summed E-state index contributed by atoms with van der Waals surface area (Å²) in [7, 11) is 1.51. The third-order valence-corrected chi connectivity index (χ3v) is 5.99. The Hall–Kier alpha value is -3.47. The van der Waals surface area contributed by atoms with Crippen molar-refractivity contribution in [3.63, 3.8) is 0 Å². The topological polar surface area (TPSA) is 107 Å². The predicted molar refractivity (Wildman–Crippen MR) is 122 cm³/mol. The van der Waals surface area contributed by atoms with Crippen molar-refractivity contribution in [2.75, 3.05) is 30.4 Å². The van der Waals surface area contributed by atoms with E-state index in [4.69, 9.17) is 15.2 Å². The Kier molecular flexibility index (Phi) is 5.12. The van der Waals surface area contributed by atoms with E-state index in [-0.39, 0.29) is 29.8 Å². The second-order valence-electron chi connectivity index (χ2n) is 9.47. The van der Waals surface area contributed by atoms with E-state index in [0.717, 1.165) is 11.3 Å². The number of hydrogen-bond acceptors (Lipinski definition) is 7. The highest BCUT2D eigenvalue weighted by molar-refractivity contribution is 6.09. The molecule has 0 bridgehead atoms. The molecule has 4 heterocycles. The highest BCUT2D eigenvalue weighted by Crippen LogP contribution is 2.41. The summed E-state index contributed by atoms with van der Waals surface area (Å²) in [5, 5.41) is 7.05. The second kappa shape index (κ2) is 7.79. The van der Waals surface area contributed by atoms with Crippen molar-refractivity contribution in [2.24, 2.45) is 5.73 Å². The molecule has 1 amide bonds. The van der Waals surface area contributed by atoms with E-state index < -0.39 is 24.4 Å². The van der Waals surface area contributed by atoms with Gasteiger partial charge in [0.25, 0.3) is 11.8 Å². The van der Waals surface area contributed by atoms with Crippen LogP contribution in [0.3, 0.4) is 0 Å². The zero-order valence-corrected chi connectivity index (χ0v) is 19.1. The molecule has 2 aromatic heterocycles. The van der Waals surface area contributed by atoms with E-state index in [0.29, 0.717) is 23.7 Å². The van der Waals surface area contributed by atoms with Crippen LogP contribution in [-0.4, -0.2) is 58.3 Å². The lowest BCUT2D eigenvalue weighted by atomic mass is 10.0. The Balaban J connectivity index is 1.44. The maximum absolute atomic E-state index is 14.1. The number of nitrogens with two attached hydrogens (primary N) is 1. The fraction of sp³-hybridized carbons (Fsp3) is 0.435. The molecular formula is C23H26F2N6O3. The Morgan fingerprint density at radius 2 is 2.15 bits per heavy atom. The number of halogens is 2. The average Bonchev–Trinajstić information content (AvgIpc) is 3.29. The van der Waals surface area contributed by atoms with Crippen LogP contribution in [0.25, 0.3) is 5.65 Å². The molecule has 180 valence electrons. The van der Waals surface area contributed by atoms with E-state index in [1.165, 1.54) is 22.7 Å². The first-order chi connectivity index (χ1) is 16.0. The maximum Gasteiger partial charge on any atom is 0.266 e. The summed E-state index contributed by atoms with van der Waals surface area (Å²) in [5.41, 5.74) is 7.39. The first-order valence-electron chi connectivity index (χ1n) is 11.0. The molecule has 0 saturated carbocycles. The Morgan fingerprint density at radius 1 is 1.35 bits per heavy atom. The van der Waals surface area contributed by atoms with Crippen LogP contribution >= 0.6 is 0 Å². The van der Waals surface area contributed by atoms with E-state index in [2.05, 4.69) is 15.4 Å². The molecule has 3 N–H and O–H groups in total. The van der Waals surface area contributed by atoms with Gasteiger partial charge in [0, 0.05) is 43.3 Å². The number of alkyl halides is 2. The average molecular weight is 472 g/mol.